The van der Waals surface area contributed by atoms with Crippen LogP contribution in [0.25, 0.3) is 0 Å². The van der Waals surface area contributed by atoms with Crippen molar-refractivity contribution in [2.75, 3.05) is 12.0 Å². The molecule has 0 bridgehead atoms. The Morgan fingerprint density at radius 3 is 2.50 bits per heavy atom. The van der Waals surface area contributed by atoms with Crippen LogP contribution in [-0.2, 0) is 10.5 Å². The first kappa shape index (κ1) is 17.3. The van der Waals surface area contributed by atoms with Gasteiger partial charge in [-0.05, 0) is 56.3 Å². The first-order valence-corrected chi connectivity index (χ1v) is 9.01. The Morgan fingerprint density at radius 2 is 1.83 bits per heavy atom. The van der Waals surface area contributed by atoms with Crippen molar-refractivity contribution in [1.29, 1.82) is 0 Å². The SMILES string of the molecule is CCO[C@@]1(C)c2cc(Br)ccc2OC(=O)N1Nc1ccc(Br)cc1. The predicted molar refractivity (Wildman–Crippen MR) is 98.7 cm³/mol. The minimum atomic E-state index is -1.00. The highest BCUT2D eigenvalue weighted by atomic mass is 79.9. The number of anilines is 1. The zero-order chi connectivity index (χ0) is 17.3. The first-order valence-electron chi connectivity index (χ1n) is 7.42. The summed E-state index contributed by atoms with van der Waals surface area (Å²) in [5.74, 6) is 0.494. The van der Waals surface area contributed by atoms with Gasteiger partial charge in [0.15, 0.2) is 5.72 Å². The number of benzene rings is 2. The van der Waals surface area contributed by atoms with E-state index in [-0.39, 0.29) is 0 Å². The smallest absolute Gasteiger partial charge is 0.408 e. The van der Waals surface area contributed by atoms with Crippen molar-refractivity contribution in [2.24, 2.45) is 0 Å². The third-order valence-corrected chi connectivity index (χ3v) is 4.78. The number of nitrogens with one attached hydrogen (secondary N) is 1. The van der Waals surface area contributed by atoms with Crippen molar-refractivity contribution in [3.63, 3.8) is 0 Å². The van der Waals surface area contributed by atoms with E-state index in [4.69, 9.17) is 9.47 Å². The number of hydrogen-bond donors (Lipinski definition) is 1. The monoisotopic (exact) mass is 454 g/mol. The third kappa shape index (κ3) is 3.16. The Balaban J connectivity index is 2.03. The van der Waals surface area contributed by atoms with Crippen molar-refractivity contribution in [2.45, 2.75) is 19.6 Å². The van der Waals surface area contributed by atoms with E-state index in [1.165, 1.54) is 5.01 Å². The van der Waals surface area contributed by atoms with Crippen molar-refractivity contribution >= 4 is 43.6 Å². The summed E-state index contributed by atoms with van der Waals surface area (Å²) in [7, 11) is 0. The summed E-state index contributed by atoms with van der Waals surface area (Å²) in [5.41, 5.74) is 3.60. The van der Waals surface area contributed by atoms with Gasteiger partial charge >= 0.3 is 6.09 Å². The fraction of sp³-hybridized carbons (Fsp3) is 0.235. The normalized spacial score (nSPS) is 19.7. The van der Waals surface area contributed by atoms with Gasteiger partial charge in [0.05, 0.1) is 11.3 Å². The second-order valence-corrected chi connectivity index (χ2v) is 7.21. The Kier molecular flexibility index (Phi) is 4.85. The molecule has 2 aromatic rings. The van der Waals surface area contributed by atoms with Gasteiger partial charge in [0.25, 0.3) is 0 Å². The predicted octanol–water partition coefficient (Wildman–Crippen LogP) is 5.26. The number of amides is 1. The highest BCUT2D eigenvalue weighted by molar-refractivity contribution is 9.10. The summed E-state index contributed by atoms with van der Waals surface area (Å²) in [5, 5.41) is 1.37. The van der Waals surface area contributed by atoms with E-state index in [9.17, 15) is 4.79 Å². The van der Waals surface area contributed by atoms with Crippen LogP contribution in [0.1, 0.15) is 19.4 Å². The van der Waals surface area contributed by atoms with E-state index in [0.29, 0.717) is 12.4 Å². The zero-order valence-electron chi connectivity index (χ0n) is 13.2. The van der Waals surface area contributed by atoms with Crippen LogP contribution in [0.15, 0.2) is 51.4 Å². The van der Waals surface area contributed by atoms with Crippen LogP contribution in [0, 0.1) is 0 Å². The number of carbonyl (C=O) groups is 1. The molecule has 24 heavy (non-hydrogen) atoms. The number of ether oxygens (including phenoxy) is 2. The van der Waals surface area contributed by atoms with Crippen molar-refractivity contribution in [3.8, 4) is 5.75 Å². The molecular formula is C17H16Br2N2O3. The van der Waals surface area contributed by atoms with Gasteiger partial charge in [-0.1, -0.05) is 31.9 Å². The molecule has 1 amide bonds. The van der Waals surface area contributed by atoms with Gasteiger partial charge in [0.1, 0.15) is 5.75 Å². The fourth-order valence-electron chi connectivity index (χ4n) is 2.62. The van der Waals surface area contributed by atoms with Crippen LogP contribution in [0.5, 0.6) is 5.75 Å². The van der Waals surface area contributed by atoms with Crippen molar-refractivity contribution in [3.05, 3.63) is 57.0 Å². The molecule has 0 aliphatic carbocycles. The van der Waals surface area contributed by atoms with E-state index in [2.05, 4.69) is 37.3 Å². The van der Waals surface area contributed by atoms with E-state index in [1.54, 1.807) is 6.07 Å². The second-order valence-electron chi connectivity index (χ2n) is 5.38. The van der Waals surface area contributed by atoms with Gasteiger partial charge in [-0.25, -0.2) is 4.79 Å². The molecular weight excluding hydrogens is 440 g/mol. The Hall–Kier alpha value is -1.57. The molecule has 1 aliphatic rings. The van der Waals surface area contributed by atoms with E-state index in [0.717, 1.165) is 20.2 Å². The van der Waals surface area contributed by atoms with Crippen molar-refractivity contribution < 1.29 is 14.3 Å². The maximum atomic E-state index is 12.5. The van der Waals surface area contributed by atoms with Gasteiger partial charge in [-0.3, -0.25) is 5.43 Å². The van der Waals surface area contributed by atoms with Crippen LogP contribution in [0.3, 0.4) is 0 Å². The van der Waals surface area contributed by atoms with Gasteiger partial charge in [0.2, 0.25) is 0 Å². The molecule has 0 saturated heterocycles. The summed E-state index contributed by atoms with van der Waals surface area (Å²) in [4.78, 5) is 12.5. The molecule has 1 N–H and O–H groups in total. The van der Waals surface area contributed by atoms with E-state index in [1.807, 2.05) is 50.2 Å². The highest BCUT2D eigenvalue weighted by Gasteiger charge is 2.46. The Morgan fingerprint density at radius 1 is 1.17 bits per heavy atom. The summed E-state index contributed by atoms with van der Waals surface area (Å²) in [6, 6.07) is 13.0. The largest absolute Gasteiger partial charge is 0.437 e. The van der Waals surface area contributed by atoms with Gasteiger partial charge in [0, 0.05) is 15.6 Å². The standard InChI is InChI=1S/C17H16Br2N2O3/c1-3-23-17(2)14-10-12(19)6-9-15(14)24-16(22)21(17)20-13-7-4-11(18)5-8-13/h4-10,20H,3H2,1-2H3/t17-/m0/s1. The number of rotatable bonds is 4. The molecule has 7 heteroatoms. The number of fused-ring (bicyclic) bond motifs is 1. The molecule has 126 valence electrons. The average Bonchev–Trinajstić information content (AvgIpc) is 2.55. The third-order valence-electron chi connectivity index (χ3n) is 3.76. The molecule has 1 aliphatic heterocycles. The number of hydrogen-bond acceptors (Lipinski definition) is 4. The molecule has 0 radical (unpaired) electrons. The molecule has 5 nitrogen and oxygen atoms in total. The summed E-state index contributed by atoms with van der Waals surface area (Å²) in [6.07, 6.45) is -0.524. The lowest BCUT2D eigenvalue weighted by molar-refractivity contribution is -0.130. The highest BCUT2D eigenvalue weighted by Crippen LogP contribution is 2.41. The molecule has 3 rings (SSSR count). The number of halogens is 2. The molecule has 0 saturated carbocycles. The van der Waals surface area contributed by atoms with E-state index < -0.39 is 11.8 Å². The van der Waals surface area contributed by atoms with Gasteiger partial charge < -0.3 is 9.47 Å². The lowest BCUT2D eigenvalue weighted by atomic mass is 10.0. The Labute approximate surface area is 157 Å². The van der Waals surface area contributed by atoms with Crippen LogP contribution in [0.4, 0.5) is 10.5 Å². The molecule has 0 spiro atoms. The van der Waals surface area contributed by atoms with E-state index >= 15 is 0 Å². The molecule has 1 heterocycles. The molecule has 1 atom stereocenters. The van der Waals surface area contributed by atoms with Crippen LogP contribution < -0.4 is 10.2 Å². The second kappa shape index (κ2) is 6.74. The van der Waals surface area contributed by atoms with Crippen LogP contribution in [0.2, 0.25) is 0 Å². The lowest BCUT2D eigenvalue weighted by Gasteiger charge is -2.43. The van der Waals surface area contributed by atoms with Crippen LogP contribution >= 0.6 is 31.9 Å². The molecule has 2 aromatic carbocycles. The van der Waals surface area contributed by atoms with Gasteiger partial charge in [-0.2, -0.15) is 5.01 Å². The Bertz CT molecular complexity index is 767. The number of hydrazine groups is 1. The number of nitrogens with zero attached hydrogens (tertiary/aromatic N) is 1. The zero-order valence-corrected chi connectivity index (χ0v) is 16.3. The maximum absolute atomic E-state index is 12.5. The minimum absolute atomic E-state index is 0.439. The lowest BCUT2D eigenvalue weighted by Crippen LogP contribution is -2.56. The number of carbonyl (C=O) groups excluding carboxylic acids is 1. The summed E-state index contributed by atoms with van der Waals surface area (Å²) >= 11 is 6.86. The molecule has 0 unspecified atom stereocenters. The fourth-order valence-corrected chi connectivity index (χ4v) is 3.24. The molecule has 0 fully saturated rings. The first-order chi connectivity index (χ1) is 11.4. The summed E-state index contributed by atoms with van der Waals surface area (Å²) < 4.78 is 13.3. The quantitative estimate of drug-likeness (QED) is 0.682. The topological polar surface area (TPSA) is 50.8 Å². The van der Waals surface area contributed by atoms with Crippen molar-refractivity contribution in [1.82, 2.24) is 5.01 Å². The summed E-state index contributed by atoms with van der Waals surface area (Å²) in [6.45, 7) is 4.17. The minimum Gasteiger partial charge on any atom is -0.408 e. The molecule has 0 aromatic heterocycles. The average molecular weight is 456 g/mol. The van der Waals surface area contributed by atoms with Gasteiger partial charge in [-0.15, -0.1) is 0 Å². The van der Waals surface area contributed by atoms with Crippen LogP contribution in [-0.4, -0.2) is 17.7 Å². The maximum Gasteiger partial charge on any atom is 0.437 e.